The minimum Gasteiger partial charge on any atom is -0.203 e. The quantitative estimate of drug-likeness (QED) is 0.815. The first-order valence-electron chi connectivity index (χ1n) is 4.26. The molecule has 2 rings (SSSR count). The molecular weight excluding hydrogens is 266 g/mol. The smallest absolute Gasteiger partial charge is 0.203 e. The van der Waals surface area contributed by atoms with E-state index in [-0.39, 0.29) is 0 Å². The molecule has 0 spiro atoms. The van der Waals surface area contributed by atoms with Gasteiger partial charge in [-0.1, -0.05) is 30.3 Å². The molecule has 0 saturated carbocycles. The molecule has 15 heavy (non-hydrogen) atoms. The summed E-state index contributed by atoms with van der Waals surface area (Å²) in [5.41, 5.74) is 1.10. The highest BCUT2D eigenvalue weighted by Crippen LogP contribution is 2.30. The van der Waals surface area contributed by atoms with Crippen LogP contribution in [0.15, 0.2) is 41.0 Å². The Bertz CT molecular complexity index is 454. The van der Waals surface area contributed by atoms with Gasteiger partial charge in [-0.15, -0.1) is 0 Å². The highest BCUT2D eigenvalue weighted by molar-refractivity contribution is 9.10. The minimum absolute atomic E-state index is 0.394. The fourth-order valence-corrected chi connectivity index (χ4v) is 1.86. The third-order valence-corrected chi connectivity index (χ3v) is 2.56. The number of hydrogen-bond acceptors (Lipinski definition) is 1. The van der Waals surface area contributed by atoms with E-state index < -0.39 is 6.55 Å². The normalized spacial score (nSPS) is 10.9. The number of halogens is 3. The maximum Gasteiger partial charge on any atom is 0.333 e. The van der Waals surface area contributed by atoms with Gasteiger partial charge in [0, 0.05) is 5.56 Å². The van der Waals surface area contributed by atoms with Crippen LogP contribution in [0.5, 0.6) is 0 Å². The van der Waals surface area contributed by atoms with Gasteiger partial charge >= 0.3 is 6.55 Å². The number of nitrogens with zero attached hydrogens (tertiary/aromatic N) is 2. The second kappa shape index (κ2) is 4.10. The zero-order valence-corrected chi connectivity index (χ0v) is 9.16. The topological polar surface area (TPSA) is 17.8 Å². The van der Waals surface area contributed by atoms with Crippen molar-refractivity contribution < 1.29 is 8.78 Å². The summed E-state index contributed by atoms with van der Waals surface area (Å²) in [7, 11) is 0. The number of aromatic nitrogens is 2. The average molecular weight is 273 g/mol. The molecule has 5 heteroatoms. The summed E-state index contributed by atoms with van der Waals surface area (Å²) in [5, 5.41) is 3.61. The van der Waals surface area contributed by atoms with E-state index in [1.165, 1.54) is 6.20 Å². The Labute approximate surface area is 93.7 Å². The maximum atomic E-state index is 12.6. The molecule has 0 fully saturated rings. The van der Waals surface area contributed by atoms with E-state index in [4.69, 9.17) is 0 Å². The fraction of sp³-hybridized carbons (Fsp3) is 0.100. The number of hydrogen-bond donors (Lipinski definition) is 0. The van der Waals surface area contributed by atoms with Gasteiger partial charge in [0.15, 0.2) is 0 Å². The third kappa shape index (κ3) is 1.92. The summed E-state index contributed by atoms with van der Waals surface area (Å²) in [5.74, 6) is 0. The molecule has 0 radical (unpaired) electrons. The van der Waals surface area contributed by atoms with Crippen LogP contribution in [0.2, 0.25) is 0 Å². The predicted octanol–water partition coefficient (Wildman–Crippen LogP) is 3.71. The Balaban J connectivity index is 2.57. The second-order valence-corrected chi connectivity index (χ2v) is 3.78. The Morgan fingerprint density at radius 3 is 2.47 bits per heavy atom. The molecule has 0 aliphatic rings. The predicted molar refractivity (Wildman–Crippen MR) is 56.6 cm³/mol. The van der Waals surface area contributed by atoms with Crippen LogP contribution in [0.4, 0.5) is 8.78 Å². The van der Waals surface area contributed by atoms with Gasteiger partial charge in [0.1, 0.15) is 0 Å². The molecule has 2 aromatic rings. The fourth-order valence-electron chi connectivity index (χ4n) is 1.36. The first kappa shape index (κ1) is 10.3. The van der Waals surface area contributed by atoms with Crippen molar-refractivity contribution in [2.24, 2.45) is 0 Å². The monoisotopic (exact) mass is 272 g/mol. The van der Waals surface area contributed by atoms with Gasteiger partial charge in [-0.05, 0) is 15.9 Å². The second-order valence-electron chi connectivity index (χ2n) is 2.93. The van der Waals surface area contributed by atoms with Crippen molar-refractivity contribution in [2.45, 2.75) is 6.55 Å². The lowest BCUT2D eigenvalue weighted by Gasteiger charge is -2.06. The molecule has 0 N–H and O–H groups in total. The Kier molecular flexibility index (Phi) is 2.81. The van der Waals surface area contributed by atoms with Crippen LogP contribution in [0, 0.1) is 0 Å². The summed E-state index contributed by atoms with van der Waals surface area (Å²) < 4.78 is 26.5. The van der Waals surface area contributed by atoms with E-state index in [1.807, 2.05) is 6.07 Å². The molecule has 1 aromatic carbocycles. The largest absolute Gasteiger partial charge is 0.333 e. The van der Waals surface area contributed by atoms with Crippen LogP contribution in [-0.4, -0.2) is 9.78 Å². The Morgan fingerprint density at radius 1 is 1.20 bits per heavy atom. The van der Waals surface area contributed by atoms with Crippen molar-refractivity contribution in [2.75, 3.05) is 0 Å². The van der Waals surface area contributed by atoms with E-state index >= 15 is 0 Å². The van der Waals surface area contributed by atoms with E-state index in [0.717, 1.165) is 0 Å². The molecule has 0 saturated heterocycles. The molecule has 1 aromatic heterocycles. The lowest BCUT2D eigenvalue weighted by molar-refractivity contribution is 0.0585. The zero-order valence-electron chi connectivity index (χ0n) is 7.57. The summed E-state index contributed by atoms with van der Waals surface area (Å²) in [6.45, 7) is -2.63. The number of rotatable bonds is 2. The van der Waals surface area contributed by atoms with Gasteiger partial charge in [-0.2, -0.15) is 13.9 Å². The van der Waals surface area contributed by atoms with Crippen LogP contribution in [0.3, 0.4) is 0 Å². The molecule has 0 amide bonds. The van der Waals surface area contributed by atoms with Crippen molar-refractivity contribution in [3.05, 3.63) is 41.0 Å². The number of alkyl halides is 2. The SMILES string of the molecule is FC(F)n1ncc(Br)c1-c1ccccc1. The van der Waals surface area contributed by atoms with Crippen LogP contribution >= 0.6 is 15.9 Å². The van der Waals surface area contributed by atoms with Crippen LogP contribution in [0.1, 0.15) is 6.55 Å². The first-order chi connectivity index (χ1) is 7.20. The first-order valence-corrected chi connectivity index (χ1v) is 5.06. The zero-order chi connectivity index (χ0) is 10.8. The van der Waals surface area contributed by atoms with E-state index in [0.29, 0.717) is 20.4 Å². The summed E-state index contributed by atoms with van der Waals surface area (Å²) >= 11 is 3.21. The molecule has 2 nitrogen and oxygen atoms in total. The maximum absolute atomic E-state index is 12.6. The van der Waals surface area contributed by atoms with Crippen molar-refractivity contribution >= 4 is 15.9 Å². The molecule has 0 unspecified atom stereocenters. The van der Waals surface area contributed by atoms with Gasteiger partial charge in [0.25, 0.3) is 0 Å². The van der Waals surface area contributed by atoms with Gasteiger partial charge in [0.2, 0.25) is 0 Å². The Hall–Kier alpha value is -1.23. The van der Waals surface area contributed by atoms with Gasteiger partial charge < -0.3 is 0 Å². The van der Waals surface area contributed by atoms with Crippen LogP contribution < -0.4 is 0 Å². The lowest BCUT2D eigenvalue weighted by Crippen LogP contribution is -2.02. The molecule has 1 heterocycles. The summed E-state index contributed by atoms with van der Waals surface area (Å²) in [6.07, 6.45) is 1.37. The standard InChI is InChI=1S/C10H7BrF2N2/c11-8-6-14-15(10(12)13)9(8)7-4-2-1-3-5-7/h1-6,10H. The number of benzene rings is 1. The van der Waals surface area contributed by atoms with Gasteiger partial charge in [-0.25, -0.2) is 4.68 Å². The van der Waals surface area contributed by atoms with Crippen molar-refractivity contribution in [1.82, 2.24) is 9.78 Å². The molecule has 0 aliphatic heterocycles. The van der Waals surface area contributed by atoms with Crippen LogP contribution in [-0.2, 0) is 0 Å². The molecule has 78 valence electrons. The summed E-state index contributed by atoms with van der Waals surface area (Å²) in [4.78, 5) is 0. The van der Waals surface area contributed by atoms with Gasteiger partial charge in [-0.3, -0.25) is 0 Å². The molecular formula is C10H7BrF2N2. The van der Waals surface area contributed by atoms with Crippen LogP contribution in [0.25, 0.3) is 11.3 Å². The molecule has 0 bridgehead atoms. The average Bonchev–Trinajstić information content (AvgIpc) is 2.61. The van der Waals surface area contributed by atoms with E-state index in [9.17, 15) is 8.78 Å². The van der Waals surface area contributed by atoms with E-state index in [2.05, 4.69) is 21.0 Å². The summed E-state index contributed by atoms with van der Waals surface area (Å²) in [6, 6.07) is 8.96. The highest BCUT2D eigenvalue weighted by Gasteiger charge is 2.16. The van der Waals surface area contributed by atoms with Crippen molar-refractivity contribution in [3.8, 4) is 11.3 Å². The van der Waals surface area contributed by atoms with E-state index in [1.54, 1.807) is 24.3 Å². The lowest BCUT2D eigenvalue weighted by atomic mass is 10.1. The van der Waals surface area contributed by atoms with Crippen molar-refractivity contribution in [1.29, 1.82) is 0 Å². The van der Waals surface area contributed by atoms with Crippen molar-refractivity contribution in [3.63, 3.8) is 0 Å². The molecule has 0 aliphatic carbocycles. The molecule has 0 atom stereocenters. The third-order valence-electron chi connectivity index (χ3n) is 1.98. The highest BCUT2D eigenvalue weighted by atomic mass is 79.9. The minimum atomic E-state index is -2.63. The Morgan fingerprint density at radius 2 is 1.87 bits per heavy atom. The van der Waals surface area contributed by atoms with Gasteiger partial charge in [0.05, 0.1) is 16.4 Å².